The molecule has 4 amide bonds. The molecule has 0 saturated carbocycles. The van der Waals surface area contributed by atoms with Gasteiger partial charge in [0.05, 0.1) is 21.7 Å². The number of carbonyl (C=O) groups is 4. The first-order chi connectivity index (χ1) is 29.7. The number of halogens is 2. The van der Waals surface area contributed by atoms with Crippen LogP contribution >= 0.6 is 11.6 Å². The van der Waals surface area contributed by atoms with Crippen molar-refractivity contribution in [1.82, 2.24) is 20.5 Å². The summed E-state index contributed by atoms with van der Waals surface area (Å²) < 4.78 is 27.0. The summed E-state index contributed by atoms with van der Waals surface area (Å²) in [7, 11) is 0. The molecule has 61 heavy (non-hydrogen) atoms. The van der Waals surface area contributed by atoms with Gasteiger partial charge in [-0.3, -0.25) is 34.4 Å². The van der Waals surface area contributed by atoms with Crippen molar-refractivity contribution in [2.75, 3.05) is 18.4 Å². The third-order valence-corrected chi connectivity index (χ3v) is 11.1. The minimum absolute atomic E-state index is 0.0701. The minimum atomic E-state index is -1.00. The number of carbonyl (C=O) groups excluding carboxylic acids is 4. The summed E-state index contributed by atoms with van der Waals surface area (Å²) in [6.07, 6.45) is 8.17. The number of ether oxygens (including phenoxy) is 2. The topological polar surface area (TPSA) is 163 Å². The van der Waals surface area contributed by atoms with Gasteiger partial charge >= 0.3 is 0 Å². The molecule has 312 valence electrons. The Morgan fingerprint density at radius 2 is 1.59 bits per heavy atom. The highest BCUT2D eigenvalue weighted by Gasteiger charge is 2.45. The number of benzene rings is 4. The number of piperidine rings is 1. The molecule has 3 heterocycles. The Kier molecular flexibility index (Phi) is 14.0. The molecule has 0 bridgehead atoms. The molecule has 5 aromatic rings. The largest absolute Gasteiger partial charge is 0.489 e. The fraction of sp³-hybridized carbons (Fsp3) is 0.277. The molecule has 4 aromatic carbocycles. The lowest BCUT2D eigenvalue weighted by atomic mass is 10.0. The molecule has 1 atom stereocenters. The second-order valence-electron chi connectivity index (χ2n) is 14.8. The molecule has 1 unspecified atom stereocenters. The number of hydrogen-bond acceptors (Lipinski definition) is 10. The molecule has 1 fully saturated rings. The van der Waals surface area contributed by atoms with Gasteiger partial charge in [-0.25, -0.2) is 4.39 Å². The van der Waals surface area contributed by atoms with E-state index >= 15 is 0 Å². The number of amides is 4. The van der Waals surface area contributed by atoms with E-state index in [4.69, 9.17) is 21.1 Å². The minimum Gasteiger partial charge on any atom is -0.489 e. The van der Waals surface area contributed by atoms with Gasteiger partial charge in [0.15, 0.2) is 0 Å². The van der Waals surface area contributed by atoms with Crippen LogP contribution in [0.3, 0.4) is 0 Å². The van der Waals surface area contributed by atoms with Crippen molar-refractivity contribution in [1.29, 1.82) is 5.26 Å². The lowest BCUT2D eigenvalue weighted by Crippen LogP contribution is -2.54. The van der Waals surface area contributed by atoms with Crippen LogP contribution in [0, 0.1) is 17.1 Å². The Balaban J connectivity index is 0.878. The van der Waals surface area contributed by atoms with Crippen molar-refractivity contribution in [2.45, 2.75) is 70.7 Å². The average molecular weight is 843 g/mol. The van der Waals surface area contributed by atoms with E-state index in [1.807, 2.05) is 30.3 Å². The number of nitrogens with zero attached hydrogens (tertiary/aromatic N) is 3. The van der Waals surface area contributed by atoms with Crippen LogP contribution in [0.2, 0.25) is 5.02 Å². The van der Waals surface area contributed by atoms with Crippen molar-refractivity contribution in [2.24, 2.45) is 0 Å². The van der Waals surface area contributed by atoms with Crippen molar-refractivity contribution in [3.05, 3.63) is 142 Å². The van der Waals surface area contributed by atoms with Crippen LogP contribution in [-0.4, -0.2) is 52.6 Å². The normalized spacial score (nSPS) is 14.7. The Morgan fingerprint density at radius 3 is 2.41 bits per heavy atom. The molecule has 14 heteroatoms. The van der Waals surface area contributed by atoms with Gasteiger partial charge in [-0.15, -0.1) is 0 Å². The third-order valence-electron chi connectivity index (χ3n) is 10.6. The predicted octanol–water partition coefficient (Wildman–Crippen LogP) is 8.12. The number of aromatic nitrogens is 1. The number of unbranched alkanes of at least 4 members (excludes halogenated alkanes) is 4. The highest BCUT2D eigenvalue weighted by atomic mass is 35.5. The lowest BCUT2D eigenvalue weighted by molar-refractivity contribution is -0.136. The second kappa shape index (κ2) is 20.1. The number of pyridine rings is 1. The van der Waals surface area contributed by atoms with E-state index in [2.05, 4.69) is 27.0 Å². The van der Waals surface area contributed by atoms with Gasteiger partial charge in [-0.05, 0) is 56.1 Å². The fourth-order valence-corrected chi connectivity index (χ4v) is 7.73. The van der Waals surface area contributed by atoms with E-state index < -0.39 is 29.7 Å². The summed E-state index contributed by atoms with van der Waals surface area (Å²) >= 11 is 6.74. The van der Waals surface area contributed by atoms with E-state index in [9.17, 15) is 28.8 Å². The van der Waals surface area contributed by atoms with E-state index in [0.717, 1.165) is 54.7 Å². The number of fused-ring (bicyclic) bond motifs is 1. The highest BCUT2D eigenvalue weighted by Crippen LogP contribution is 2.35. The Hall–Kier alpha value is -6.62. The Labute approximate surface area is 358 Å². The van der Waals surface area contributed by atoms with Gasteiger partial charge in [0.25, 0.3) is 11.8 Å². The quantitative estimate of drug-likeness (QED) is 0.0547. The molecular weight excluding hydrogens is 799 g/mol. The number of rotatable bonds is 19. The van der Waals surface area contributed by atoms with Crippen LogP contribution in [0.25, 0.3) is 11.1 Å². The van der Waals surface area contributed by atoms with Gasteiger partial charge in [0.2, 0.25) is 11.8 Å². The maximum atomic E-state index is 14.6. The summed E-state index contributed by atoms with van der Waals surface area (Å²) in [4.78, 5) is 55.6. The number of nitrogens with one attached hydrogen (secondary N) is 3. The molecule has 12 nitrogen and oxygen atoms in total. The SMILES string of the molecule is N#Cc1cncc(COc2cc(OCc3cccc(-c4ccccc4F)c3Cl)ccc2CNCCCCCCCNc2cccc3c2C(=O)N(C2CCC(=O)NC2=O)C3=O)c1. The van der Waals surface area contributed by atoms with Crippen LogP contribution < -0.4 is 25.4 Å². The van der Waals surface area contributed by atoms with Crippen LogP contribution in [0.4, 0.5) is 10.1 Å². The van der Waals surface area contributed by atoms with Gasteiger partial charge < -0.3 is 20.1 Å². The Morgan fingerprint density at radius 1 is 0.820 bits per heavy atom. The summed E-state index contributed by atoms with van der Waals surface area (Å²) in [5.74, 6) is -1.27. The van der Waals surface area contributed by atoms with E-state index in [1.54, 1.807) is 54.7 Å². The molecule has 7 rings (SSSR count). The number of imide groups is 2. The van der Waals surface area contributed by atoms with Crippen LogP contribution in [0.1, 0.15) is 87.9 Å². The molecule has 0 aliphatic carbocycles. The van der Waals surface area contributed by atoms with Crippen LogP contribution in [0.15, 0.2) is 97.3 Å². The van der Waals surface area contributed by atoms with E-state index in [1.165, 1.54) is 12.3 Å². The van der Waals surface area contributed by atoms with Crippen molar-refractivity contribution in [3.63, 3.8) is 0 Å². The first-order valence-corrected chi connectivity index (χ1v) is 20.6. The number of hydrogen-bond donors (Lipinski definition) is 3. The maximum Gasteiger partial charge on any atom is 0.264 e. The summed E-state index contributed by atoms with van der Waals surface area (Å²) in [6, 6.07) is 25.5. The van der Waals surface area contributed by atoms with Gasteiger partial charge in [-0.2, -0.15) is 5.26 Å². The first kappa shape index (κ1) is 42.5. The van der Waals surface area contributed by atoms with Crippen molar-refractivity contribution >= 4 is 40.9 Å². The summed E-state index contributed by atoms with van der Waals surface area (Å²) in [6.45, 7) is 2.31. The van der Waals surface area contributed by atoms with Gasteiger partial charge in [0, 0.05) is 71.5 Å². The fourth-order valence-electron chi connectivity index (χ4n) is 7.45. The van der Waals surface area contributed by atoms with Crippen LogP contribution in [-0.2, 0) is 29.3 Å². The van der Waals surface area contributed by atoms with Crippen molar-refractivity contribution in [3.8, 4) is 28.7 Å². The summed E-state index contributed by atoms with van der Waals surface area (Å²) in [5, 5.41) is 18.8. The third kappa shape index (κ3) is 10.2. The van der Waals surface area contributed by atoms with E-state index in [-0.39, 0.29) is 43.0 Å². The van der Waals surface area contributed by atoms with Gasteiger partial charge in [0.1, 0.15) is 42.6 Å². The molecule has 1 saturated heterocycles. The molecule has 0 spiro atoms. The average Bonchev–Trinajstić information content (AvgIpc) is 3.52. The lowest BCUT2D eigenvalue weighted by Gasteiger charge is -2.27. The molecule has 2 aliphatic rings. The zero-order valence-corrected chi connectivity index (χ0v) is 34.1. The monoisotopic (exact) mass is 842 g/mol. The maximum absolute atomic E-state index is 14.6. The van der Waals surface area contributed by atoms with Gasteiger partial charge in [-0.1, -0.05) is 79.4 Å². The molecular formula is C47H44ClFN6O6. The zero-order valence-electron chi connectivity index (χ0n) is 33.3. The van der Waals surface area contributed by atoms with E-state index in [0.29, 0.717) is 57.6 Å². The van der Waals surface area contributed by atoms with Crippen molar-refractivity contribution < 1.29 is 33.0 Å². The number of anilines is 1. The van der Waals surface area contributed by atoms with Crippen LogP contribution in [0.5, 0.6) is 11.5 Å². The Bertz CT molecular complexity index is 2490. The molecule has 2 aliphatic heterocycles. The predicted molar refractivity (Wildman–Crippen MR) is 227 cm³/mol. The molecule has 1 aromatic heterocycles. The molecule has 3 N–H and O–H groups in total. The standard InChI is InChI=1S/C47H44ClFN6O6/c48-44-33(10-8-12-36(44)35-11-4-5-14-38(35)49)29-60-34-17-16-32(41(23-34)61-28-31-22-30(24-50)25-52-26-31)27-51-20-6-2-1-3-7-21-53-39-15-9-13-37-43(39)47(59)55(46(37)58)40-18-19-42(56)54-45(40)57/h4-5,8-17,22-23,25-26,40,51,53H,1-3,6-7,18-21,27-29H2,(H,54,56,57). The highest BCUT2D eigenvalue weighted by molar-refractivity contribution is 6.34. The second-order valence-corrected chi connectivity index (χ2v) is 15.2. The molecule has 0 radical (unpaired) electrons. The smallest absolute Gasteiger partial charge is 0.264 e. The zero-order chi connectivity index (χ0) is 42.7. The first-order valence-electron chi connectivity index (χ1n) is 20.3. The summed E-state index contributed by atoms with van der Waals surface area (Å²) in [5.41, 5.74) is 4.91. The number of nitriles is 1.